The fraction of sp³-hybridized carbons (Fsp3) is 0.538. The van der Waals surface area contributed by atoms with Crippen LogP contribution in [0.25, 0.3) is 0 Å². The average molecular weight is 235 g/mol. The predicted octanol–water partition coefficient (Wildman–Crippen LogP) is 1.35. The van der Waals surface area contributed by atoms with Crippen LogP contribution in [0.1, 0.15) is 25.2 Å². The van der Waals surface area contributed by atoms with E-state index < -0.39 is 0 Å². The number of hydrogen-bond acceptors (Lipinski definition) is 3. The molecule has 4 heteroatoms. The molecule has 17 heavy (non-hydrogen) atoms. The number of aryl methyl sites for hydroxylation is 1. The van der Waals surface area contributed by atoms with Crippen molar-refractivity contribution >= 4 is 5.91 Å². The Morgan fingerprint density at radius 2 is 2.18 bits per heavy atom. The summed E-state index contributed by atoms with van der Waals surface area (Å²) in [5, 5.41) is 3.05. The van der Waals surface area contributed by atoms with Crippen LogP contribution in [0.3, 0.4) is 0 Å². The fourth-order valence-electron chi connectivity index (χ4n) is 1.60. The summed E-state index contributed by atoms with van der Waals surface area (Å²) >= 11 is 0. The first-order valence-electron chi connectivity index (χ1n) is 6.08. The Bertz CT molecular complexity index is 365. The van der Waals surface area contributed by atoms with Crippen LogP contribution in [0.4, 0.5) is 0 Å². The SMILES string of the molecule is CCNCC(=O)N(CC)Cc1cccc(C)n1. The summed E-state index contributed by atoms with van der Waals surface area (Å²) in [5.74, 6) is 0.123. The van der Waals surface area contributed by atoms with Gasteiger partial charge in [-0.25, -0.2) is 0 Å². The Hall–Kier alpha value is -1.42. The number of carbonyl (C=O) groups is 1. The molecule has 0 bridgehead atoms. The third kappa shape index (κ3) is 4.53. The molecule has 0 saturated heterocycles. The number of likely N-dealkylation sites (N-methyl/N-ethyl adjacent to an activating group) is 2. The second-order valence-electron chi connectivity index (χ2n) is 3.96. The van der Waals surface area contributed by atoms with Crippen LogP contribution in [0, 0.1) is 6.92 Å². The van der Waals surface area contributed by atoms with Crippen molar-refractivity contribution in [1.29, 1.82) is 0 Å². The molecular formula is C13H21N3O. The van der Waals surface area contributed by atoms with Crippen LogP contribution < -0.4 is 5.32 Å². The highest BCUT2D eigenvalue weighted by Crippen LogP contribution is 2.03. The van der Waals surface area contributed by atoms with E-state index in [2.05, 4.69) is 10.3 Å². The van der Waals surface area contributed by atoms with Gasteiger partial charge in [-0.2, -0.15) is 0 Å². The smallest absolute Gasteiger partial charge is 0.236 e. The Kier molecular flexibility index (Phi) is 5.63. The summed E-state index contributed by atoms with van der Waals surface area (Å²) in [7, 11) is 0. The summed E-state index contributed by atoms with van der Waals surface area (Å²) in [5.41, 5.74) is 1.93. The number of hydrogen-bond donors (Lipinski definition) is 1. The Labute approximate surface area is 103 Å². The first-order chi connectivity index (χ1) is 8.17. The molecule has 0 saturated carbocycles. The molecule has 0 atom stereocenters. The molecular weight excluding hydrogens is 214 g/mol. The minimum Gasteiger partial charge on any atom is -0.336 e. The van der Waals surface area contributed by atoms with Crippen LogP contribution in [0.15, 0.2) is 18.2 Å². The van der Waals surface area contributed by atoms with Crippen molar-refractivity contribution in [2.45, 2.75) is 27.3 Å². The maximum Gasteiger partial charge on any atom is 0.236 e. The van der Waals surface area contributed by atoms with Crippen LogP contribution >= 0.6 is 0 Å². The molecule has 0 aromatic carbocycles. The Balaban J connectivity index is 2.60. The lowest BCUT2D eigenvalue weighted by Crippen LogP contribution is -2.37. The molecule has 94 valence electrons. The maximum atomic E-state index is 11.9. The number of nitrogens with one attached hydrogen (secondary N) is 1. The normalized spacial score (nSPS) is 10.3. The molecule has 0 unspecified atom stereocenters. The van der Waals surface area contributed by atoms with Gasteiger partial charge in [-0.3, -0.25) is 9.78 Å². The van der Waals surface area contributed by atoms with Crippen molar-refractivity contribution in [3.63, 3.8) is 0 Å². The van der Waals surface area contributed by atoms with Crippen molar-refractivity contribution in [1.82, 2.24) is 15.2 Å². The van der Waals surface area contributed by atoms with Crippen molar-refractivity contribution in [2.24, 2.45) is 0 Å². The quantitative estimate of drug-likeness (QED) is 0.809. The van der Waals surface area contributed by atoms with Gasteiger partial charge in [-0.1, -0.05) is 13.0 Å². The molecule has 0 radical (unpaired) electrons. The highest BCUT2D eigenvalue weighted by molar-refractivity contribution is 5.78. The van der Waals surface area contributed by atoms with Crippen molar-refractivity contribution in [3.05, 3.63) is 29.6 Å². The van der Waals surface area contributed by atoms with Crippen molar-refractivity contribution < 1.29 is 4.79 Å². The van der Waals surface area contributed by atoms with Gasteiger partial charge in [-0.15, -0.1) is 0 Å². The van der Waals surface area contributed by atoms with E-state index in [9.17, 15) is 4.79 Å². The number of aromatic nitrogens is 1. The molecule has 1 heterocycles. The van der Waals surface area contributed by atoms with Crippen LogP contribution in [-0.2, 0) is 11.3 Å². The van der Waals surface area contributed by atoms with Crippen molar-refractivity contribution in [2.75, 3.05) is 19.6 Å². The van der Waals surface area contributed by atoms with Crippen LogP contribution in [0.2, 0.25) is 0 Å². The standard InChI is InChI=1S/C13H21N3O/c1-4-14-9-13(17)16(5-2)10-12-8-6-7-11(3)15-12/h6-8,14H,4-5,9-10H2,1-3H3. The van der Waals surface area contributed by atoms with E-state index in [-0.39, 0.29) is 5.91 Å². The lowest BCUT2D eigenvalue weighted by Gasteiger charge is -2.20. The summed E-state index contributed by atoms with van der Waals surface area (Å²) in [6.07, 6.45) is 0. The monoisotopic (exact) mass is 235 g/mol. The van der Waals surface area contributed by atoms with Gasteiger partial charge in [-0.05, 0) is 32.5 Å². The van der Waals surface area contributed by atoms with E-state index in [1.807, 2.05) is 43.9 Å². The number of nitrogens with zero attached hydrogens (tertiary/aromatic N) is 2. The predicted molar refractivity (Wildman–Crippen MR) is 68.6 cm³/mol. The van der Waals surface area contributed by atoms with Gasteiger partial charge >= 0.3 is 0 Å². The molecule has 1 amide bonds. The zero-order valence-corrected chi connectivity index (χ0v) is 10.9. The molecule has 0 fully saturated rings. The lowest BCUT2D eigenvalue weighted by molar-refractivity contribution is -0.130. The van der Waals surface area contributed by atoms with Gasteiger partial charge < -0.3 is 10.2 Å². The minimum atomic E-state index is 0.123. The summed E-state index contributed by atoms with van der Waals surface area (Å²) in [4.78, 5) is 18.1. The van der Waals surface area contributed by atoms with Crippen LogP contribution in [-0.4, -0.2) is 35.4 Å². The van der Waals surface area contributed by atoms with Crippen molar-refractivity contribution in [3.8, 4) is 0 Å². The van der Waals surface area contributed by atoms with Gasteiger partial charge in [0.1, 0.15) is 0 Å². The fourth-order valence-corrected chi connectivity index (χ4v) is 1.60. The first-order valence-corrected chi connectivity index (χ1v) is 6.08. The van der Waals surface area contributed by atoms with E-state index >= 15 is 0 Å². The lowest BCUT2D eigenvalue weighted by atomic mass is 10.3. The first kappa shape index (κ1) is 13.6. The molecule has 0 aliphatic rings. The van der Waals surface area contributed by atoms with Gasteiger partial charge in [0.05, 0.1) is 18.8 Å². The van der Waals surface area contributed by atoms with Gasteiger partial charge in [0.25, 0.3) is 0 Å². The zero-order valence-electron chi connectivity index (χ0n) is 10.9. The van der Waals surface area contributed by atoms with Gasteiger partial charge in [0.2, 0.25) is 5.91 Å². The second-order valence-corrected chi connectivity index (χ2v) is 3.96. The number of rotatable bonds is 6. The summed E-state index contributed by atoms with van der Waals surface area (Å²) in [6.45, 7) is 8.44. The molecule has 4 nitrogen and oxygen atoms in total. The highest BCUT2D eigenvalue weighted by Gasteiger charge is 2.11. The molecule has 1 rings (SSSR count). The molecule has 1 N–H and O–H groups in total. The van der Waals surface area contributed by atoms with E-state index in [1.54, 1.807) is 0 Å². The largest absolute Gasteiger partial charge is 0.336 e. The van der Waals surface area contributed by atoms with Gasteiger partial charge in [0, 0.05) is 12.2 Å². The van der Waals surface area contributed by atoms with E-state index in [4.69, 9.17) is 0 Å². The maximum absolute atomic E-state index is 11.9. The number of pyridine rings is 1. The number of amides is 1. The molecule has 1 aromatic rings. The molecule has 1 aromatic heterocycles. The molecule has 0 aliphatic carbocycles. The highest BCUT2D eigenvalue weighted by atomic mass is 16.2. The van der Waals surface area contributed by atoms with Gasteiger partial charge in [0.15, 0.2) is 0 Å². The topological polar surface area (TPSA) is 45.2 Å². The number of carbonyl (C=O) groups excluding carboxylic acids is 1. The van der Waals surface area contributed by atoms with E-state index in [1.165, 1.54) is 0 Å². The molecule has 0 aliphatic heterocycles. The zero-order chi connectivity index (χ0) is 12.7. The van der Waals surface area contributed by atoms with E-state index in [0.717, 1.165) is 17.9 Å². The molecule has 0 spiro atoms. The Morgan fingerprint density at radius 1 is 1.41 bits per heavy atom. The second kappa shape index (κ2) is 7.01. The average Bonchev–Trinajstić information content (AvgIpc) is 2.33. The minimum absolute atomic E-state index is 0.123. The summed E-state index contributed by atoms with van der Waals surface area (Å²) in [6, 6.07) is 5.89. The van der Waals surface area contributed by atoms with E-state index in [0.29, 0.717) is 19.6 Å². The summed E-state index contributed by atoms with van der Waals surface area (Å²) < 4.78 is 0. The van der Waals surface area contributed by atoms with Crippen LogP contribution in [0.5, 0.6) is 0 Å². The third-order valence-corrected chi connectivity index (χ3v) is 2.56. The third-order valence-electron chi connectivity index (χ3n) is 2.56. The Morgan fingerprint density at radius 3 is 2.76 bits per heavy atom.